The molecule has 0 bridgehead atoms. The van der Waals surface area contributed by atoms with E-state index in [9.17, 15) is 0 Å². The number of rotatable bonds is 8. The van der Waals surface area contributed by atoms with Crippen molar-refractivity contribution in [2.24, 2.45) is 0 Å². The fourth-order valence-corrected chi connectivity index (χ4v) is 2.42. The summed E-state index contributed by atoms with van der Waals surface area (Å²) in [6.45, 7) is 5.18. The fourth-order valence-electron chi connectivity index (χ4n) is 2.42. The highest BCUT2D eigenvalue weighted by atomic mass is 16.5. The summed E-state index contributed by atoms with van der Waals surface area (Å²) in [5.41, 5.74) is 2.61. The molecule has 0 atom stereocenters. The first kappa shape index (κ1) is 14.7. The van der Waals surface area contributed by atoms with Crippen molar-refractivity contribution >= 4 is 0 Å². The average molecular weight is 272 g/mol. The minimum Gasteiger partial charge on any atom is -0.496 e. The van der Waals surface area contributed by atoms with Crippen LogP contribution in [-0.2, 0) is 19.5 Å². The Morgan fingerprint density at radius 2 is 2.00 bits per heavy atom. The lowest BCUT2D eigenvalue weighted by atomic mass is 10.1. The monoisotopic (exact) mass is 272 g/mol. The van der Waals surface area contributed by atoms with Gasteiger partial charge in [-0.2, -0.15) is 0 Å². The second-order valence-corrected chi connectivity index (χ2v) is 4.93. The number of ether oxygens (including phenoxy) is 1. The molecule has 0 saturated carbocycles. The van der Waals surface area contributed by atoms with E-state index in [-0.39, 0.29) is 0 Å². The van der Waals surface area contributed by atoms with Gasteiger partial charge in [-0.15, -0.1) is 0 Å². The summed E-state index contributed by atoms with van der Waals surface area (Å²) >= 11 is 0. The van der Waals surface area contributed by atoms with E-state index in [1.807, 2.05) is 12.1 Å². The number of hydrogen-bond donors (Lipinski definition) is 1. The number of methoxy groups -OCH3 is 1. The molecule has 0 fully saturated rings. The molecular formula is C17H24N2O. The molecule has 0 spiro atoms. The molecule has 108 valence electrons. The summed E-state index contributed by atoms with van der Waals surface area (Å²) in [6, 6.07) is 12.5. The van der Waals surface area contributed by atoms with Crippen molar-refractivity contribution < 1.29 is 4.74 Å². The first-order valence-corrected chi connectivity index (χ1v) is 7.31. The number of aromatic nitrogens is 1. The smallest absolute Gasteiger partial charge is 0.122 e. The predicted octanol–water partition coefficient (Wildman–Crippen LogP) is 3.24. The number of hydrogen-bond acceptors (Lipinski definition) is 2. The Morgan fingerprint density at radius 1 is 1.15 bits per heavy atom. The quantitative estimate of drug-likeness (QED) is 0.747. The molecule has 1 aromatic heterocycles. The van der Waals surface area contributed by atoms with Crippen LogP contribution in [0.1, 0.15) is 24.6 Å². The van der Waals surface area contributed by atoms with Gasteiger partial charge in [-0.25, -0.2) is 0 Å². The zero-order valence-corrected chi connectivity index (χ0v) is 12.4. The molecule has 3 nitrogen and oxygen atoms in total. The van der Waals surface area contributed by atoms with Crippen molar-refractivity contribution in [1.82, 2.24) is 9.88 Å². The van der Waals surface area contributed by atoms with Crippen LogP contribution in [0.3, 0.4) is 0 Å². The molecule has 20 heavy (non-hydrogen) atoms. The van der Waals surface area contributed by atoms with Crippen LogP contribution in [0.4, 0.5) is 0 Å². The molecule has 1 N–H and O–H groups in total. The minimum absolute atomic E-state index is 0.919. The molecule has 3 heteroatoms. The van der Waals surface area contributed by atoms with Gasteiger partial charge in [-0.3, -0.25) is 0 Å². The predicted molar refractivity (Wildman–Crippen MR) is 83.1 cm³/mol. The van der Waals surface area contributed by atoms with Gasteiger partial charge in [0.25, 0.3) is 0 Å². The topological polar surface area (TPSA) is 26.2 Å². The Balaban J connectivity index is 1.80. The fraction of sp³-hybridized carbons (Fsp3) is 0.412. The minimum atomic E-state index is 0.919. The van der Waals surface area contributed by atoms with Gasteiger partial charge >= 0.3 is 0 Å². The molecule has 0 saturated heterocycles. The lowest BCUT2D eigenvalue weighted by molar-refractivity contribution is 0.409. The first-order valence-electron chi connectivity index (χ1n) is 7.31. The molecule has 0 aliphatic heterocycles. The van der Waals surface area contributed by atoms with Crippen LogP contribution in [0, 0.1) is 0 Å². The molecule has 0 radical (unpaired) electrons. The van der Waals surface area contributed by atoms with E-state index < -0.39 is 0 Å². The largest absolute Gasteiger partial charge is 0.496 e. The lowest BCUT2D eigenvalue weighted by Crippen LogP contribution is -2.19. The van der Waals surface area contributed by atoms with E-state index >= 15 is 0 Å². The standard InChI is InChI=1S/C17H24N2O/c1-3-12-19-13-6-8-16(19)14-18-11-10-15-7-4-5-9-17(15)20-2/h4-9,13,18H,3,10-12,14H2,1-2H3. The van der Waals surface area contributed by atoms with Gasteiger partial charge in [-0.1, -0.05) is 25.1 Å². The van der Waals surface area contributed by atoms with Gasteiger partial charge in [0, 0.05) is 25.0 Å². The third-order valence-corrected chi connectivity index (χ3v) is 3.46. The maximum atomic E-state index is 5.37. The number of nitrogens with zero attached hydrogens (tertiary/aromatic N) is 1. The van der Waals surface area contributed by atoms with Crippen molar-refractivity contribution in [3.63, 3.8) is 0 Å². The highest BCUT2D eigenvalue weighted by Gasteiger charge is 2.02. The van der Waals surface area contributed by atoms with E-state index in [0.29, 0.717) is 0 Å². The van der Waals surface area contributed by atoms with Crippen molar-refractivity contribution in [2.75, 3.05) is 13.7 Å². The van der Waals surface area contributed by atoms with Crippen LogP contribution in [-0.4, -0.2) is 18.2 Å². The zero-order chi connectivity index (χ0) is 14.2. The van der Waals surface area contributed by atoms with Crippen LogP contribution >= 0.6 is 0 Å². The molecule has 1 aromatic carbocycles. The second kappa shape index (κ2) is 7.75. The average Bonchev–Trinajstić information content (AvgIpc) is 2.92. The molecule has 0 unspecified atom stereocenters. The molecule has 2 aromatic rings. The van der Waals surface area contributed by atoms with Crippen LogP contribution in [0.5, 0.6) is 5.75 Å². The van der Waals surface area contributed by atoms with E-state index in [2.05, 4.69) is 47.3 Å². The van der Waals surface area contributed by atoms with Crippen LogP contribution in [0.25, 0.3) is 0 Å². The number of para-hydroxylation sites is 1. The summed E-state index contributed by atoms with van der Waals surface area (Å²) in [6.07, 6.45) is 4.31. The van der Waals surface area contributed by atoms with Gasteiger partial charge in [0.05, 0.1) is 7.11 Å². The zero-order valence-electron chi connectivity index (χ0n) is 12.4. The van der Waals surface area contributed by atoms with Crippen molar-refractivity contribution in [1.29, 1.82) is 0 Å². The van der Waals surface area contributed by atoms with Gasteiger partial charge in [0.2, 0.25) is 0 Å². The SMILES string of the molecule is CCCn1cccc1CNCCc1ccccc1OC. The molecular weight excluding hydrogens is 248 g/mol. The summed E-state index contributed by atoms with van der Waals surface area (Å²) in [5, 5.41) is 3.51. The lowest BCUT2D eigenvalue weighted by Gasteiger charge is -2.11. The van der Waals surface area contributed by atoms with Gasteiger partial charge in [0.1, 0.15) is 5.75 Å². The Hall–Kier alpha value is -1.74. The Morgan fingerprint density at radius 3 is 2.80 bits per heavy atom. The highest BCUT2D eigenvalue weighted by molar-refractivity contribution is 5.33. The van der Waals surface area contributed by atoms with E-state index in [4.69, 9.17) is 4.74 Å². The Labute approximate surface area is 121 Å². The van der Waals surface area contributed by atoms with Gasteiger partial charge in [-0.05, 0) is 43.1 Å². The highest BCUT2D eigenvalue weighted by Crippen LogP contribution is 2.17. The number of nitrogens with one attached hydrogen (secondary N) is 1. The third kappa shape index (κ3) is 3.87. The van der Waals surface area contributed by atoms with E-state index in [1.54, 1.807) is 7.11 Å². The van der Waals surface area contributed by atoms with E-state index in [0.717, 1.165) is 31.8 Å². The number of benzene rings is 1. The van der Waals surface area contributed by atoms with Crippen LogP contribution < -0.4 is 10.1 Å². The Bertz CT molecular complexity index is 519. The summed E-state index contributed by atoms with van der Waals surface area (Å²) in [7, 11) is 1.73. The van der Waals surface area contributed by atoms with Crippen molar-refractivity contribution in [3.8, 4) is 5.75 Å². The van der Waals surface area contributed by atoms with Gasteiger partial charge < -0.3 is 14.6 Å². The normalized spacial score (nSPS) is 10.7. The second-order valence-electron chi connectivity index (χ2n) is 4.93. The molecule has 0 aliphatic carbocycles. The number of aryl methyl sites for hydroxylation is 1. The van der Waals surface area contributed by atoms with Crippen molar-refractivity contribution in [3.05, 3.63) is 53.9 Å². The molecule has 0 aliphatic rings. The Kier molecular flexibility index (Phi) is 5.69. The first-order chi connectivity index (χ1) is 9.85. The molecule has 0 amide bonds. The summed E-state index contributed by atoms with van der Waals surface area (Å²) in [4.78, 5) is 0. The van der Waals surface area contributed by atoms with Crippen LogP contribution in [0.15, 0.2) is 42.6 Å². The van der Waals surface area contributed by atoms with E-state index in [1.165, 1.54) is 17.7 Å². The maximum Gasteiger partial charge on any atom is 0.122 e. The van der Waals surface area contributed by atoms with Crippen molar-refractivity contribution in [2.45, 2.75) is 32.9 Å². The van der Waals surface area contributed by atoms with Gasteiger partial charge in [0.15, 0.2) is 0 Å². The third-order valence-electron chi connectivity index (χ3n) is 3.46. The maximum absolute atomic E-state index is 5.37. The van der Waals surface area contributed by atoms with Crippen LogP contribution in [0.2, 0.25) is 0 Å². The summed E-state index contributed by atoms with van der Waals surface area (Å²) < 4.78 is 7.68. The summed E-state index contributed by atoms with van der Waals surface area (Å²) in [5.74, 6) is 0.976. The molecule has 1 heterocycles. The molecule has 2 rings (SSSR count).